The zero-order valence-electron chi connectivity index (χ0n) is 22.4. The smallest absolute Gasteiger partial charge is 0.270 e. The van der Waals surface area contributed by atoms with Gasteiger partial charge in [0.1, 0.15) is 16.5 Å². The monoisotopic (exact) mass is 595 g/mol. The number of carbonyl (C=O) groups excluding carboxylic acids is 1. The van der Waals surface area contributed by atoms with E-state index in [0.717, 1.165) is 11.4 Å². The molecule has 3 aromatic heterocycles. The predicted molar refractivity (Wildman–Crippen MR) is 162 cm³/mol. The van der Waals surface area contributed by atoms with Crippen LogP contribution >= 0.6 is 23.1 Å². The molecule has 0 aliphatic rings. The number of thiazole rings is 1. The summed E-state index contributed by atoms with van der Waals surface area (Å²) in [5.74, 6) is 1.20. The number of hydrogen-bond donors (Lipinski definition) is 1. The highest BCUT2D eigenvalue weighted by Crippen LogP contribution is 2.31. The number of halogens is 1. The molecular formula is C32H26FN5O2S2. The topological polar surface area (TPSA) is 85.8 Å². The largest absolute Gasteiger partial charge is 0.461 e. The highest BCUT2D eigenvalue weighted by Gasteiger charge is 2.20. The summed E-state index contributed by atoms with van der Waals surface area (Å²) < 4.78 is 21.0. The van der Waals surface area contributed by atoms with E-state index in [0.29, 0.717) is 40.4 Å². The molecule has 0 spiro atoms. The van der Waals surface area contributed by atoms with Gasteiger partial charge in [0.15, 0.2) is 10.9 Å². The van der Waals surface area contributed by atoms with Gasteiger partial charge in [-0.05, 0) is 53.9 Å². The number of nitrogens with one attached hydrogen (secondary N) is 1. The maximum Gasteiger partial charge on any atom is 0.270 e. The average molecular weight is 596 g/mol. The van der Waals surface area contributed by atoms with Gasteiger partial charge in [-0.25, -0.2) is 9.37 Å². The first-order chi connectivity index (χ1) is 20.7. The molecule has 42 heavy (non-hydrogen) atoms. The third-order valence-electron chi connectivity index (χ3n) is 6.69. The van der Waals surface area contributed by atoms with Crippen LogP contribution in [0.5, 0.6) is 0 Å². The zero-order valence-corrected chi connectivity index (χ0v) is 24.0. The Labute approximate surface area is 250 Å². The van der Waals surface area contributed by atoms with Crippen LogP contribution in [0.25, 0.3) is 17.3 Å². The lowest BCUT2D eigenvalue weighted by atomic mass is 9.88. The van der Waals surface area contributed by atoms with Crippen molar-refractivity contribution in [1.29, 1.82) is 0 Å². The lowest BCUT2D eigenvalue weighted by Gasteiger charge is -2.18. The first kappa shape index (κ1) is 27.6. The Kier molecular flexibility index (Phi) is 8.53. The number of benzene rings is 3. The Morgan fingerprint density at radius 2 is 1.64 bits per heavy atom. The molecule has 0 bridgehead atoms. The molecule has 6 rings (SSSR count). The molecule has 0 saturated heterocycles. The molecule has 1 amide bonds. The van der Waals surface area contributed by atoms with Crippen molar-refractivity contribution >= 4 is 29.0 Å². The molecule has 0 radical (unpaired) electrons. The van der Waals surface area contributed by atoms with Crippen molar-refractivity contribution in [1.82, 2.24) is 25.1 Å². The molecule has 0 aliphatic carbocycles. The lowest BCUT2D eigenvalue weighted by molar-refractivity contribution is 0.0948. The second-order valence-corrected chi connectivity index (χ2v) is 11.3. The van der Waals surface area contributed by atoms with Crippen LogP contribution in [-0.4, -0.2) is 32.2 Å². The molecule has 3 heterocycles. The van der Waals surface area contributed by atoms with Crippen molar-refractivity contribution in [3.63, 3.8) is 0 Å². The van der Waals surface area contributed by atoms with E-state index in [-0.39, 0.29) is 17.6 Å². The van der Waals surface area contributed by atoms with E-state index in [1.807, 2.05) is 41.0 Å². The van der Waals surface area contributed by atoms with Gasteiger partial charge in [0.25, 0.3) is 5.91 Å². The summed E-state index contributed by atoms with van der Waals surface area (Å²) in [5, 5.41) is 14.9. The molecule has 0 saturated carbocycles. The number of hydrogen-bond acceptors (Lipinski definition) is 7. The number of thioether (sulfide) groups is 1. The Bertz CT molecular complexity index is 1700. The molecule has 0 atom stereocenters. The van der Waals surface area contributed by atoms with Crippen LogP contribution in [0.2, 0.25) is 0 Å². The fourth-order valence-electron chi connectivity index (χ4n) is 4.68. The Morgan fingerprint density at radius 1 is 0.929 bits per heavy atom. The number of carbonyl (C=O) groups is 1. The molecule has 0 fully saturated rings. The first-order valence-electron chi connectivity index (χ1n) is 13.4. The van der Waals surface area contributed by atoms with E-state index in [1.165, 1.54) is 46.4 Å². The molecule has 10 heteroatoms. The van der Waals surface area contributed by atoms with Crippen molar-refractivity contribution < 1.29 is 13.6 Å². The summed E-state index contributed by atoms with van der Waals surface area (Å²) >= 11 is 2.85. The van der Waals surface area contributed by atoms with Gasteiger partial charge in [0.05, 0.1) is 17.7 Å². The fourth-order valence-corrected chi connectivity index (χ4v) is 6.42. The fraction of sp³-hybridized carbons (Fsp3) is 0.125. The van der Waals surface area contributed by atoms with Gasteiger partial charge in [0, 0.05) is 17.8 Å². The van der Waals surface area contributed by atoms with Crippen molar-refractivity contribution in [2.24, 2.45) is 0 Å². The van der Waals surface area contributed by atoms with Crippen LogP contribution in [0, 0.1) is 5.82 Å². The number of aromatic nitrogens is 4. The summed E-state index contributed by atoms with van der Waals surface area (Å²) in [6.45, 7) is 0.519. The minimum Gasteiger partial charge on any atom is -0.461 e. The number of rotatable bonds is 11. The van der Waals surface area contributed by atoms with Crippen molar-refractivity contribution in [3.05, 3.63) is 136 Å². The highest BCUT2D eigenvalue weighted by atomic mass is 32.2. The van der Waals surface area contributed by atoms with Crippen LogP contribution in [0.4, 0.5) is 4.39 Å². The number of amides is 1. The van der Waals surface area contributed by atoms with Crippen LogP contribution in [0.3, 0.4) is 0 Å². The highest BCUT2D eigenvalue weighted by molar-refractivity contribution is 7.98. The second kappa shape index (κ2) is 13.0. The molecule has 0 aliphatic heterocycles. The third-order valence-corrected chi connectivity index (χ3v) is 8.66. The standard InChI is InChI=1S/C32H26FN5O2S2/c33-24-13-15-25(16-14-24)38-30(28-12-7-19-40-28)36-37-32(38)42-21-29-35-27(20-41-29)31(39)34-18-17-26(22-8-3-1-4-9-22)23-10-5-2-6-11-23/h1-16,19-20,26H,17-18,21H2,(H,34,39). The predicted octanol–water partition coefficient (Wildman–Crippen LogP) is 7.37. The van der Waals surface area contributed by atoms with Crippen LogP contribution < -0.4 is 5.32 Å². The van der Waals surface area contributed by atoms with E-state index < -0.39 is 0 Å². The van der Waals surface area contributed by atoms with Gasteiger partial charge in [-0.1, -0.05) is 72.4 Å². The Hall–Kier alpha value is -4.54. The maximum atomic E-state index is 13.6. The van der Waals surface area contributed by atoms with E-state index in [1.54, 1.807) is 35.9 Å². The zero-order chi connectivity index (χ0) is 28.7. The molecular weight excluding hydrogens is 570 g/mol. The van der Waals surface area contributed by atoms with Crippen molar-refractivity contribution in [2.75, 3.05) is 6.54 Å². The van der Waals surface area contributed by atoms with Crippen molar-refractivity contribution in [3.8, 4) is 17.3 Å². The summed E-state index contributed by atoms with van der Waals surface area (Å²) in [6.07, 6.45) is 2.33. The van der Waals surface area contributed by atoms with Gasteiger partial charge in [0.2, 0.25) is 5.82 Å². The molecule has 210 valence electrons. The van der Waals surface area contributed by atoms with E-state index in [2.05, 4.69) is 44.8 Å². The van der Waals surface area contributed by atoms with Gasteiger partial charge < -0.3 is 9.73 Å². The molecule has 0 unspecified atom stereocenters. The molecule has 7 nitrogen and oxygen atoms in total. The van der Waals surface area contributed by atoms with Crippen molar-refractivity contribution in [2.45, 2.75) is 23.2 Å². The quantitative estimate of drug-likeness (QED) is 0.158. The van der Waals surface area contributed by atoms with Gasteiger partial charge in [-0.15, -0.1) is 21.5 Å². The summed E-state index contributed by atoms with van der Waals surface area (Å²) in [6, 6.07) is 30.4. The molecule has 6 aromatic rings. The van der Waals surface area contributed by atoms with Gasteiger partial charge in [-0.2, -0.15) is 0 Å². The van der Waals surface area contributed by atoms with Gasteiger partial charge >= 0.3 is 0 Å². The van der Waals surface area contributed by atoms with E-state index >= 15 is 0 Å². The van der Waals surface area contributed by atoms with Crippen LogP contribution in [-0.2, 0) is 5.75 Å². The normalized spacial score (nSPS) is 11.2. The lowest BCUT2D eigenvalue weighted by Crippen LogP contribution is -2.26. The molecule has 3 aromatic carbocycles. The van der Waals surface area contributed by atoms with Gasteiger partial charge in [-0.3, -0.25) is 9.36 Å². The average Bonchev–Trinajstić information content (AvgIpc) is 3.81. The van der Waals surface area contributed by atoms with E-state index in [9.17, 15) is 9.18 Å². The van der Waals surface area contributed by atoms with Crippen LogP contribution in [0.1, 0.15) is 39.0 Å². The summed E-state index contributed by atoms with van der Waals surface area (Å²) in [7, 11) is 0. The summed E-state index contributed by atoms with van der Waals surface area (Å²) in [4.78, 5) is 17.5. The SMILES string of the molecule is O=C(NCCC(c1ccccc1)c1ccccc1)c1csc(CSc2nnc(-c3ccco3)n2-c2ccc(F)cc2)n1. The molecule has 1 N–H and O–H groups in total. The van der Waals surface area contributed by atoms with Crippen LogP contribution in [0.15, 0.2) is 118 Å². The second-order valence-electron chi connectivity index (χ2n) is 9.43. The Morgan fingerprint density at radius 3 is 2.31 bits per heavy atom. The minimum atomic E-state index is -0.329. The first-order valence-corrected chi connectivity index (χ1v) is 15.2. The number of furan rings is 1. The number of nitrogens with zero attached hydrogens (tertiary/aromatic N) is 4. The minimum absolute atomic E-state index is 0.180. The maximum absolute atomic E-state index is 13.6. The third kappa shape index (κ3) is 6.35. The summed E-state index contributed by atoms with van der Waals surface area (Å²) in [5.41, 5.74) is 3.53. The Balaban J connectivity index is 1.11. The van der Waals surface area contributed by atoms with E-state index in [4.69, 9.17) is 4.42 Å².